The SMILES string of the molecule is CCCOC(=O)Cc1cc(C(C)(C)C)cc(S(=O)c2cc(C(C)(C)C)cc(CC(=O)O)c2O)c1O. The van der Waals surface area contributed by atoms with Gasteiger partial charge in [0.25, 0.3) is 0 Å². The van der Waals surface area contributed by atoms with Crippen LogP contribution in [0.5, 0.6) is 11.5 Å². The monoisotopic (exact) mass is 504 g/mol. The van der Waals surface area contributed by atoms with Gasteiger partial charge in [-0.1, -0.05) is 60.6 Å². The molecule has 0 aliphatic heterocycles. The molecule has 0 aliphatic rings. The number of hydrogen-bond acceptors (Lipinski definition) is 6. The van der Waals surface area contributed by atoms with E-state index in [-0.39, 0.29) is 45.4 Å². The van der Waals surface area contributed by atoms with Crippen LogP contribution in [0, 0.1) is 0 Å². The molecule has 0 aliphatic carbocycles. The molecule has 3 N–H and O–H groups in total. The lowest BCUT2D eigenvalue weighted by atomic mass is 9.85. The van der Waals surface area contributed by atoms with E-state index in [2.05, 4.69) is 0 Å². The summed E-state index contributed by atoms with van der Waals surface area (Å²) in [5, 5.41) is 31.2. The minimum absolute atomic E-state index is 0.00884. The van der Waals surface area contributed by atoms with Crippen molar-refractivity contribution in [2.75, 3.05) is 6.61 Å². The van der Waals surface area contributed by atoms with Crippen molar-refractivity contribution in [3.63, 3.8) is 0 Å². The zero-order valence-electron chi connectivity index (χ0n) is 21.5. The molecule has 0 radical (unpaired) electrons. The van der Waals surface area contributed by atoms with E-state index in [9.17, 15) is 29.1 Å². The van der Waals surface area contributed by atoms with Gasteiger partial charge in [0.05, 0.1) is 40.0 Å². The first kappa shape index (κ1) is 28.4. The second-order valence-electron chi connectivity index (χ2n) is 10.7. The average molecular weight is 505 g/mol. The van der Waals surface area contributed by atoms with Crippen LogP contribution in [0.1, 0.15) is 77.1 Å². The van der Waals surface area contributed by atoms with Crippen molar-refractivity contribution < 1.29 is 33.9 Å². The molecule has 2 aromatic carbocycles. The Morgan fingerprint density at radius 1 is 0.829 bits per heavy atom. The molecular formula is C27H36O7S. The van der Waals surface area contributed by atoms with Gasteiger partial charge in [0.15, 0.2) is 0 Å². The first-order chi connectivity index (χ1) is 16.1. The lowest BCUT2D eigenvalue weighted by Gasteiger charge is -2.24. The molecule has 0 bridgehead atoms. The van der Waals surface area contributed by atoms with Gasteiger partial charge in [-0.3, -0.25) is 9.59 Å². The van der Waals surface area contributed by atoms with Crippen LogP contribution in [0.4, 0.5) is 0 Å². The molecule has 1 unspecified atom stereocenters. The Hall–Kier alpha value is -2.87. The Morgan fingerprint density at radius 2 is 1.26 bits per heavy atom. The second-order valence-corrected chi connectivity index (χ2v) is 12.1. The molecule has 0 heterocycles. The first-order valence-corrected chi connectivity index (χ1v) is 12.7. The lowest BCUT2D eigenvalue weighted by molar-refractivity contribution is -0.143. The Balaban J connectivity index is 2.73. The Bertz CT molecular complexity index is 1140. The summed E-state index contributed by atoms with van der Waals surface area (Å²) in [6.45, 7) is 13.8. The van der Waals surface area contributed by atoms with E-state index in [1.54, 1.807) is 24.3 Å². The van der Waals surface area contributed by atoms with Crippen molar-refractivity contribution in [2.24, 2.45) is 0 Å². The number of carboxylic acid groups (broad SMARTS) is 1. The summed E-state index contributed by atoms with van der Waals surface area (Å²) < 4.78 is 19.0. The van der Waals surface area contributed by atoms with E-state index in [1.807, 2.05) is 48.5 Å². The molecule has 7 nitrogen and oxygen atoms in total. The molecule has 2 aromatic rings. The normalized spacial score (nSPS) is 12.9. The molecule has 8 heteroatoms. The fraction of sp³-hybridized carbons (Fsp3) is 0.481. The molecule has 2 rings (SSSR count). The van der Waals surface area contributed by atoms with Crippen LogP contribution >= 0.6 is 0 Å². The molecular weight excluding hydrogens is 468 g/mol. The number of hydrogen-bond donors (Lipinski definition) is 3. The number of phenols is 2. The van der Waals surface area contributed by atoms with Gasteiger partial charge in [-0.05, 0) is 40.5 Å². The lowest BCUT2D eigenvalue weighted by Crippen LogP contribution is -2.16. The highest BCUT2D eigenvalue weighted by Gasteiger charge is 2.27. The zero-order chi connectivity index (χ0) is 26.7. The third kappa shape index (κ3) is 7.07. The fourth-order valence-corrected chi connectivity index (χ4v) is 4.77. The van der Waals surface area contributed by atoms with Crippen molar-refractivity contribution in [1.82, 2.24) is 0 Å². The standard InChI is InChI=1S/C27H36O7S/c1-8-9-34-23(30)13-17-11-19(27(5,6)7)15-21(25(17)32)35(33)20-14-18(26(2,3)4)10-16(24(20)31)12-22(28)29/h10-11,14-15,31-32H,8-9,12-13H2,1-7H3,(H,28,29). The maximum atomic E-state index is 13.8. The number of carboxylic acids is 1. The van der Waals surface area contributed by atoms with Crippen LogP contribution in [-0.2, 0) is 48.8 Å². The number of aliphatic carboxylic acids is 1. The van der Waals surface area contributed by atoms with Gasteiger partial charge >= 0.3 is 11.9 Å². The summed E-state index contributed by atoms with van der Waals surface area (Å²) in [6.07, 6.45) is 0.0256. The van der Waals surface area contributed by atoms with Gasteiger partial charge in [0.2, 0.25) is 0 Å². The number of phenolic OH excluding ortho intramolecular Hbond substituents is 2. The van der Waals surface area contributed by atoms with Crippen LogP contribution in [0.2, 0.25) is 0 Å². The molecule has 35 heavy (non-hydrogen) atoms. The summed E-state index contributed by atoms with van der Waals surface area (Å²) in [5.41, 5.74) is 1.06. The number of benzene rings is 2. The molecule has 0 spiro atoms. The Morgan fingerprint density at radius 3 is 1.63 bits per heavy atom. The van der Waals surface area contributed by atoms with E-state index in [0.717, 1.165) is 5.56 Å². The molecule has 0 saturated carbocycles. The number of aromatic hydroxyl groups is 2. The van der Waals surface area contributed by atoms with Crippen LogP contribution < -0.4 is 0 Å². The fourth-order valence-electron chi connectivity index (χ4n) is 3.45. The van der Waals surface area contributed by atoms with Crippen molar-refractivity contribution in [1.29, 1.82) is 0 Å². The third-order valence-corrected chi connectivity index (χ3v) is 7.00. The predicted octanol–water partition coefficient (Wildman–Crippen LogP) is 4.98. The third-order valence-electron chi connectivity index (χ3n) is 5.58. The predicted molar refractivity (Wildman–Crippen MR) is 135 cm³/mol. The summed E-state index contributed by atoms with van der Waals surface area (Å²) in [7, 11) is -2.06. The minimum Gasteiger partial charge on any atom is -0.506 e. The van der Waals surface area contributed by atoms with Gasteiger partial charge in [-0.15, -0.1) is 0 Å². The van der Waals surface area contributed by atoms with Gasteiger partial charge in [-0.25, -0.2) is 4.21 Å². The summed E-state index contributed by atoms with van der Waals surface area (Å²) in [6, 6.07) is 6.48. The van der Waals surface area contributed by atoms with E-state index >= 15 is 0 Å². The molecule has 0 amide bonds. The Kier molecular flexibility index (Phi) is 8.76. The quantitative estimate of drug-likeness (QED) is 0.433. The van der Waals surface area contributed by atoms with Crippen LogP contribution in [0.15, 0.2) is 34.1 Å². The highest BCUT2D eigenvalue weighted by Crippen LogP contribution is 2.40. The second kappa shape index (κ2) is 10.8. The number of ether oxygens (including phenoxy) is 1. The number of carbonyl (C=O) groups is 2. The number of esters is 1. The van der Waals surface area contributed by atoms with Crippen molar-refractivity contribution in [2.45, 2.75) is 88.3 Å². The van der Waals surface area contributed by atoms with Gasteiger partial charge in [0.1, 0.15) is 11.5 Å². The first-order valence-electron chi connectivity index (χ1n) is 11.6. The summed E-state index contributed by atoms with van der Waals surface area (Å²) in [5.74, 6) is -2.34. The molecule has 0 aromatic heterocycles. The maximum absolute atomic E-state index is 13.8. The smallest absolute Gasteiger partial charge is 0.310 e. The summed E-state index contributed by atoms with van der Waals surface area (Å²) >= 11 is 0. The van der Waals surface area contributed by atoms with Crippen LogP contribution in [0.25, 0.3) is 0 Å². The number of rotatable bonds is 8. The minimum atomic E-state index is -2.06. The van der Waals surface area contributed by atoms with Gasteiger partial charge < -0.3 is 20.1 Å². The highest BCUT2D eigenvalue weighted by molar-refractivity contribution is 7.85. The molecule has 0 fully saturated rings. The maximum Gasteiger partial charge on any atom is 0.310 e. The topological polar surface area (TPSA) is 121 Å². The average Bonchev–Trinajstić information content (AvgIpc) is 2.72. The zero-order valence-corrected chi connectivity index (χ0v) is 22.3. The van der Waals surface area contributed by atoms with Crippen LogP contribution in [-0.4, -0.2) is 38.1 Å². The largest absolute Gasteiger partial charge is 0.506 e. The van der Waals surface area contributed by atoms with Crippen molar-refractivity contribution in [3.05, 3.63) is 46.5 Å². The highest BCUT2D eigenvalue weighted by atomic mass is 32.2. The van der Waals surface area contributed by atoms with Crippen LogP contribution in [0.3, 0.4) is 0 Å². The van der Waals surface area contributed by atoms with E-state index < -0.39 is 40.0 Å². The summed E-state index contributed by atoms with van der Waals surface area (Å²) in [4.78, 5) is 23.7. The Labute approximate surface area is 209 Å². The van der Waals surface area contributed by atoms with Gasteiger partial charge in [-0.2, -0.15) is 0 Å². The van der Waals surface area contributed by atoms with Crippen molar-refractivity contribution >= 4 is 22.7 Å². The van der Waals surface area contributed by atoms with E-state index in [1.165, 1.54) is 0 Å². The van der Waals surface area contributed by atoms with E-state index in [4.69, 9.17) is 4.74 Å². The molecule has 0 saturated heterocycles. The molecule has 192 valence electrons. The van der Waals surface area contributed by atoms with E-state index in [0.29, 0.717) is 12.0 Å². The number of carbonyl (C=O) groups excluding carboxylic acids is 1. The van der Waals surface area contributed by atoms with Crippen molar-refractivity contribution in [3.8, 4) is 11.5 Å². The molecule has 1 atom stereocenters. The van der Waals surface area contributed by atoms with Gasteiger partial charge in [0, 0.05) is 11.1 Å².